The number of para-hydroxylation sites is 1. The van der Waals surface area contributed by atoms with Gasteiger partial charge in [-0.25, -0.2) is 0 Å². The van der Waals surface area contributed by atoms with Gasteiger partial charge in [-0.15, -0.1) is 22.0 Å². The quantitative estimate of drug-likeness (QED) is 0.250. The second-order valence-corrected chi connectivity index (χ2v) is 10.7. The van der Waals surface area contributed by atoms with Gasteiger partial charge in [-0.05, 0) is 68.7 Å². The molecule has 3 aromatic carbocycles. The molecule has 1 aromatic heterocycles. The Hall–Kier alpha value is -3.03. The van der Waals surface area contributed by atoms with Crippen LogP contribution in [0.15, 0.2) is 82.8 Å². The fraction of sp³-hybridized carbons (Fsp3) is 0.250. The van der Waals surface area contributed by atoms with E-state index in [1.807, 2.05) is 63.2 Å². The lowest BCUT2D eigenvalue weighted by Crippen LogP contribution is -2.25. The number of amides is 1. The van der Waals surface area contributed by atoms with Gasteiger partial charge in [0.15, 0.2) is 5.16 Å². The number of carbonyl (C=O) groups excluding carboxylic acids is 1. The van der Waals surface area contributed by atoms with Crippen LogP contribution in [0.5, 0.6) is 0 Å². The monoisotopic (exact) mass is 502 g/mol. The summed E-state index contributed by atoms with van der Waals surface area (Å²) in [7, 11) is 0. The van der Waals surface area contributed by atoms with Crippen LogP contribution in [0.4, 0.5) is 5.69 Å². The van der Waals surface area contributed by atoms with Crippen LogP contribution in [0.25, 0.3) is 5.69 Å². The van der Waals surface area contributed by atoms with Crippen LogP contribution in [-0.4, -0.2) is 25.9 Å². The van der Waals surface area contributed by atoms with E-state index >= 15 is 0 Å². The molecule has 1 unspecified atom stereocenters. The van der Waals surface area contributed by atoms with Gasteiger partial charge < -0.3 is 5.32 Å². The van der Waals surface area contributed by atoms with E-state index < -0.39 is 0 Å². The van der Waals surface area contributed by atoms with Gasteiger partial charge in [0.25, 0.3) is 0 Å². The number of thioether (sulfide) groups is 2. The first-order chi connectivity index (χ1) is 16.9. The molecule has 0 radical (unpaired) electrons. The van der Waals surface area contributed by atoms with Crippen molar-refractivity contribution in [3.8, 4) is 5.69 Å². The molecule has 1 atom stereocenters. The highest BCUT2D eigenvalue weighted by Crippen LogP contribution is 2.31. The van der Waals surface area contributed by atoms with Crippen molar-refractivity contribution >= 4 is 35.1 Å². The van der Waals surface area contributed by atoms with Crippen LogP contribution in [0.3, 0.4) is 0 Å². The molecule has 35 heavy (non-hydrogen) atoms. The van der Waals surface area contributed by atoms with Crippen molar-refractivity contribution in [2.75, 3.05) is 5.32 Å². The summed E-state index contributed by atoms with van der Waals surface area (Å²) in [4.78, 5) is 14.4. The fourth-order valence-corrected chi connectivity index (χ4v) is 5.42. The molecule has 0 aliphatic carbocycles. The fourth-order valence-electron chi connectivity index (χ4n) is 3.62. The molecule has 5 nitrogen and oxygen atoms in total. The summed E-state index contributed by atoms with van der Waals surface area (Å²) in [5.41, 5.74) is 5.25. The zero-order valence-corrected chi connectivity index (χ0v) is 22.1. The molecule has 0 spiro atoms. The van der Waals surface area contributed by atoms with Gasteiger partial charge >= 0.3 is 0 Å². The standard InChI is InChI=1S/C28H30N4OS2/c1-5-25(27(33)29-24-17-20(3)11-14-21(24)4)35-28-31-30-26(32(28)22-9-7-6-8-10-22)18-34-23-15-12-19(2)13-16-23/h6-17,25H,5,18H2,1-4H3,(H,29,33). The smallest absolute Gasteiger partial charge is 0.237 e. The minimum Gasteiger partial charge on any atom is -0.325 e. The summed E-state index contributed by atoms with van der Waals surface area (Å²) in [6.07, 6.45) is 0.677. The topological polar surface area (TPSA) is 59.8 Å². The number of nitrogens with zero attached hydrogens (tertiary/aromatic N) is 3. The molecular weight excluding hydrogens is 472 g/mol. The summed E-state index contributed by atoms with van der Waals surface area (Å²) < 4.78 is 2.07. The van der Waals surface area contributed by atoms with Gasteiger partial charge in [-0.1, -0.05) is 66.7 Å². The largest absolute Gasteiger partial charge is 0.325 e. The van der Waals surface area contributed by atoms with E-state index in [1.54, 1.807) is 11.8 Å². The summed E-state index contributed by atoms with van der Waals surface area (Å²) in [6.45, 7) is 8.15. The van der Waals surface area contributed by atoms with Crippen molar-refractivity contribution in [3.63, 3.8) is 0 Å². The van der Waals surface area contributed by atoms with E-state index in [0.29, 0.717) is 12.2 Å². The third-order valence-electron chi connectivity index (χ3n) is 5.67. The molecule has 4 rings (SSSR count). The first-order valence-electron chi connectivity index (χ1n) is 11.7. The maximum atomic E-state index is 13.2. The van der Waals surface area contributed by atoms with Crippen LogP contribution < -0.4 is 5.32 Å². The van der Waals surface area contributed by atoms with E-state index in [1.165, 1.54) is 22.2 Å². The van der Waals surface area contributed by atoms with Crippen molar-refractivity contribution in [3.05, 3.63) is 95.3 Å². The van der Waals surface area contributed by atoms with Crippen molar-refractivity contribution in [1.82, 2.24) is 14.8 Å². The molecule has 0 saturated heterocycles. The predicted octanol–water partition coefficient (Wildman–Crippen LogP) is 6.99. The first kappa shape index (κ1) is 25.1. The summed E-state index contributed by atoms with van der Waals surface area (Å²) in [5, 5.41) is 12.6. The zero-order chi connectivity index (χ0) is 24.8. The van der Waals surface area contributed by atoms with Crippen LogP contribution in [-0.2, 0) is 10.5 Å². The highest BCUT2D eigenvalue weighted by Gasteiger charge is 2.24. The lowest BCUT2D eigenvalue weighted by atomic mass is 10.1. The van der Waals surface area contributed by atoms with Gasteiger partial charge in [-0.2, -0.15) is 0 Å². The Labute approximate surface area is 215 Å². The minimum absolute atomic E-state index is 0.0237. The molecule has 0 aliphatic rings. The van der Waals surface area contributed by atoms with E-state index in [4.69, 9.17) is 0 Å². The van der Waals surface area contributed by atoms with E-state index in [9.17, 15) is 4.79 Å². The average Bonchev–Trinajstić information content (AvgIpc) is 3.27. The maximum absolute atomic E-state index is 13.2. The Balaban J connectivity index is 1.57. The second-order valence-electron chi connectivity index (χ2n) is 8.49. The first-order valence-corrected chi connectivity index (χ1v) is 13.5. The number of nitrogens with one attached hydrogen (secondary N) is 1. The Morgan fingerprint density at radius 3 is 2.37 bits per heavy atom. The van der Waals surface area contributed by atoms with Crippen LogP contribution in [0.2, 0.25) is 0 Å². The highest BCUT2D eigenvalue weighted by atomic mass is 32.2. The molecule has 1 heterocycles. The molecule has 0 saturated carbocycles. The summed E-state index contributed by atoms with van der Waals surface area (Å²) in [6, 6.07) is 24.7. The highest BCUT2D eigenvalue weighted by molar-refractivity contribution is 8.00. The lowest BCUT2D eigenvalue weighted by molar-refractivity contribution is -0.115. The third kappa shape index (κ3) is 6.35. The maximum Gasteiger partial charge on any atom is 0.237 e. The number of rotatable bonds is 9. The number of benzene rings is 3. The van der Waals surface area contributed by atoms with Crippen molar-refractivity contribution < 1.29 is 4.79 Å². The molecule has 0 aliphatic heterocycles. The number of aryl methyl sites for hydroxylation is 3. The normalized spacial score (nSPS) is 11.9. The van der Waals surface area contributed by atoms with E-state index in [2.05, 4.69) is 57.3 Å². The van der Waals surface area contributed by atoms with Crippen LogP contribution >= 0.6 is 23.5 Å². The predicted molar refractivity (Wildman–Crippen MR) is 147 cm³/mol. The Kier molecular flexibility index (Phi) is 8.31. The van der Waals surface area contributed by atoms with Gasteiger partial charge in [0.2, 0.25) is 5.91 Å². The molecule has 4 aromatic rings. The molecule has 0 fully saturated rings. The molecule has 180 valence electrons. The van der Waals surface area contributed by atoms with Crippen LogP contribution in [0.1, 0.15) is 35.9 Å². The lowest BCUT2D eigenvalue weighted by Gasteiger charge is -2.17. The summed E-state index contributed by atoms with van der Waals surface area (Å²) >= 11 is 3.19. The second kappa shape index (κ2) is 11.6. The Morgan fingerprint density at radius 2 is 1.66 bits per heavy atom. The molecular formula is C28H30N4OS2. The zero-order valence-electron chi connectivity index (χ0n) is 20.5. The SMILES string of the molecule is CCC(Sc1nnc(CSc2ccc(C)cc2)n1-c1ccccc1)C(=O)Nc1cc(C)ccc1C. The van der Waals surface area contributed by atoms with Gasteiger partial charge in [-0.3, -0.25) is 9.36 Å². The average molecular weight is 503 g/mol. The third-order valence-corrected chi connectivity index (χ3v) is 7.98. The van der Waals surface area contributed by atoms with Crippen LogP contribution in [0, 0.1) is 20.8 Å². The minimum atomic E-state index is -0.292. The Bertz CT molecular complexity index is 1290. The van der Waals surface area contributed by atoms with Crippen molar-refractivity contribution in [2.24, 2.45) is 0 Å². The molecule has 1 amide bonds. The molecule has 0 bridgehead atoms. The van der Waals surface area contributed by atoms with Gasteiger partial charge in [0, 0.05) is 16.3 Å². The van der Waals surface area contributed by atoms with E-state index in [-0.39, 0.29) is 11.2 Å². The molecule has 7 heteroatoms. The van der Waals surface area contributed by atoms with Gasteiger partial charge in [0.1, 0.15) is 5.82 Å². The number of hydrogen-bond acceptors (Lipinski definition) is 5. The number of aromatic nitrogens is 3. The summed E-state index contributed by atoms with van der Waals surface area (Å²) in [5.74, 6) is 1.51. The Morgan fingerprint density at radius 1 is 0.943 bits per heavy atom. The number of anilines is 1. The number of hydrogen-bond donors (Lipinski definition) is 1. The van der Waals surface area contributed by atoms with Crippen molar-refractivity contribution in [2.45, 2.75) is 55.2 Å². The molecule has 1 N–H and O–H groups in total. The van der Waals surface area contributed by atoms with Crippen molar-refractivity contribution in [1.29, 1.82) is 0 Å². The van der Waals surface area contributed by atoms with E-state index in [0.717, 1.165) is 33.5 Å². The van der Waals surface area contributed by atoms with Gasteiger partial charge in [0.05, 0.1) is 11.0 Å². The number of carbonyl (C=O) groups is 1.